The number of rotatable bonds is 5. The van der Waals surface area contributed by atoms with Gasteiger partial charge in [0.05, 0.1) is 6.04 Å². The van der Waals surface area contributed by atoms with Crippen LogP contribution in [0.15, 0.2) is 48.5 Å². The lowest BCUT2D eigenvalue weighted by Crippen LogP contribution is -2.49. The summed E-state index contributed by atoms with van der Waals surface area (Å²) in [6.45, 7) is 6.02. The molecule has 2 atom stereocenters. The van der Waals surface area contributed by atoms with Gasteiger partial charge in [0.1, 0.15) is 24.7 Å². The van der Waals surface area contributed by atoms with Gasteiger partial charge in [-0.25, -0.2) is 0 Å². The van der Waals surface area contributed by atoms with E-state index in [2.05, 4.69) is 48.2 Å². The zero-order valence-electron chi connectivity index (χ0n) is 15.0. The molecule has 0 saturated carbocycles. The number of nitrogens with zero attached hydrogens (tertiary/aromatic N) is 1. The van der Waals surface area contributed by atoms with Crippen LogP contribution in [0.1, 0.15) is 43.2 Å². The van der Waals surface area contributed by atoms with Crippen LogP contribution in [0.25, 0.3) is 0 Å². The number of hydrogen-bond donors (Lipinski definition) is 0. The molecule has 2 aromatic carbocycles. The van der Waals surface area contributed by atoms with Gasteiger partial charge in [0, 0.05) is 11.5 Å². The van der Waals surface area contributed by atoms with Crippen LogP contribution >= 0.6 is 0 Å². The second-order valence-corrected chi connectivity index (χ2v) is 7.11. The maximum absolute atomic E-state index is 6.24. The zero-order valence-corrected chi connectivity index (χ0v) is 15.0. The molecule has 1 fully saturated rings. The fraction of sp³-hybridized carbons (Fsp3) is 0.455. The van der Waals surface area contributed by atoms with E-state index in [4.69, 9.17) is 9.47 Å². The first-order chi connectivity index (χ1) is 12.4. The smallest absolute Gasteiger partial charge is 0.127 e. The molecule has 1 saturated heterocycles. The number of fused-ring (bicyclic) bond motifs is 3. The summed E-state index contributed by atoms with van der Waals surface area (Å²) >= 11 is 0. The van der Waals surface area contributed by atoms with Gasteiger partial charge in [0.25, 0.3) is 0 Å². The summed E-state index contributed by atoms with van der Waals surface area (Å²) in [4.78, 5) is 2.62. The summed E-state index contributed by atoms with van der Waals surface area (Å²) in [6.07, 6.45) is 3.68. The number of hydrogen-bond acceptors (Lipinski definition) is 3. The van der Waals surface area contributed by atoms with Crippen molar-refractivity contribution in [3.63, 3.8) is 0 Å². The molecule has 25 heavy (non-hydrogen) atoms. The van der Waals surface area contributed by atoms with Crippen molar-refractivity contribution in [2.75, 3.05) is 19.7 Å². The molecule has 4 rings (SSSR count). The van der Waals surface area contributed by atoms with E-state index in [1.165, 1.54) is 36.9 Å². The highest BCUT2D eigenvalue weighted by Gasteiger charge is 2.38. The highest BCUT2D eigenvalue weighted by molar-refractivity contribution is 5.49. The third kappa shape index (κ3) is 3.38. The fourth-order valence-corrected chi connectivity index (χ4v) is 4.30. The predicted molar refractivity (Wildman–Crippen MR) is 100 cm³/mol. The lowest BCUT2D eigenvalue weighted by Gasteiger charge is -2.44. The highest BCUT2D eigenvalue weighted by Crippen LogP contribution is 2.45. The molecule has 2 heterocycles. The summed E-state index contributed by atoms with van der Waals surface area (Å²) in [6, 6.07) is 17.1. The first kappa shape index (κ1) is 16.5. The van der Waals surface area contributed by atoms with E-state index in [0.29, 0.717) is 18.6 Å². The van der Waals surface area contributed by atoms with Gasteiger partial charge in [0.2, 0.25) is 0 Å². The zero-order chi connectivity index (χ0) is 17.1. The molecule has 0 aromatic heterocycles. The first-order valence-electron chi connectivity index (χ1n) is 9.53. The Morgan fingerprint density at radius 1 is 1.12 bits per heavy atom. The third-order valence-electron chi connectivity index (χ3n) is 5.45. The van der Waals surface area contributed by atoms with Gasteiger partial charge >= 0.3 is 0 Å². The van der Waals surface area contributed by atoms with Crippen molar-refractivity contribution < 1.29 is 9.47 Å². The largest absolute Gasteiger partial charge is 0.491 e. The van der Waals surface area contributed by atoms with E-state index < -0.39 is 0 Å². The standard InChI is InChI=1S/C22H27NO2/c1-2-13-23-14-7-10-18-19(23)16-25-21-12-6-11-20(22(18)21)24-15-17-8-4-3-5-9-17/h3-6,8-9,11-12,18-19H,2,7,10,13-16H2,1H3/t18-,19+/m0/s1. The van der Waals surface area contributed by atoms with Crippen LogP contribution in [0, 0.1) is 0 Å². The Morgan fingerprint density at radius 2 is 2.00 bits per heavy atom. The van der Waals surface area contributed by atoms with Crippen molar-refractivity contribution >= 4 is 0 Å². The lowest BCUT2D eigenvalue weighted by molar-refractivity contribution is 0.0640. The van der Waals surface area contributed by atoms with E-state index >= 15 is 0 Å². The van der Waals surface area contributed by atoms with Gasteiger partial charge in [-0.2, -0.15) is 0 Å². The molecule has 0 spiro atoms. The average molecular weight is 337 g/mol. The maximum Gasteiger partial charge on any atom is 0.127 e. The Kier molecular flexibility index (Phi) is 4.93. The average Bonchev–Trinajstić information content (AvgIpc) is 2.67. The summed E-state index contributed by atoms with van der Waals surface area (Å²) < 4.78 is 12.4. The second kappa shape index (κ2) is 7.49. The summed E-state index contributed by atoms with van der Waals surface area (Å²) in [5.74, 6) is 2.54. The van der Waals surface area contributed by atoms with Gasteiger partial charge < -0.3 is 9.47 Å². The SMILES string of the molecule is CCCN1CCC[C@@H]2c3c(OCc4ccccc4)cccc3OC[C@H]21. The number of benzene rings is 2. The molecule has 2 aliphatic rings. The van der Waals surface area contributed by atoms with Crippen LogP contribution in [0.4, 0.5) is 0 Å². The topological polar surface area (TPSA) is 21.7 Å². The Balaban J connectivity index is 1.59. The minimum Gasteiger partial charge on any atom is -0.491 e. The summed E-state index contributed by atoms with van der Waals surface area (Å²) in [7, 11) is 0. The van der Waals surface area contributed by atoms with Crippen molar-refractivity contribution in [2.24, 2.45) is 0 Å². The number of piperidine rings is 1. The van der Waals surface area contributed by atoms with Crippen molar-refractivity contribution in [1.82, 2.24) is 4.90 Å². The van der Waals surface area contributed by atoms with Crippen LogP contribution in [0.3, 0.4) is 0 Å². The van der Waals surface area contributed by atoms with E-state index in [9.17, 15) is 0 Å². The van der Waals surface area contributed by atoms with E-state index in [0.717, 1.165) is 24.7 Å². The molecule has 2 aromatic rings. The molecular weight excluding hydrogens is 310 g/mol. The van der Waals surface area contributed by atoms with Crippen LogP contribution in [-0.2, 0) is 6.61 Å². The van der Waals surface area contributed by atoms with Gasteiger partial charge in [-0.05, 0) is 50.0 Å². The Hall–Kier alpha value is -2.00. The molecular formula is C22H27NO2. The van der Waals surface area contributed by atoms with Gasteiger partial charge in [-0.3, -0.25) is 4.90 Å². The van der Waals surface area contributed by atoms with Crippen molar-refractivity contribution in [2.45, 2.75) is 44.8 Å². The molecule has 0 amide bonds. The number of ether oxygens (including phenoxy) is 2. The quantitative estimate of drug-likeness (QED) is 0.795. The molecule has 0 N–H and O–H groups in total. The molecule has 0 aliphatic carbocycles. The molecule has 3 heteroatoms. The first-order valence-corrected chi connectivity index (χ1v) is 9.53. The molecule has 2 aliphatic heterocycles. The fourth-order valence-electron chi connectivity index (χ4n) is 4.30. The molecule has 3 nitrogen and oxygen atoms in total. The normalized spacial score (nSPS) is 22.6. The molecule has 0 radical (unpaired) electrons. The van der Waals surface area contributed by atoms with Crippen LogP contribution in [-0.4, -0.2) is 30.6 Å². The minimum atomic E-state index is 0.489. The van der Waals surface area contributed by atoms with E-state index in [1.807, 2.05) is 12.1 Å². The Morgan fingerprint density at radius 3 is 2.84 bits per heavy atom. The Bertz CT molecular complexity index is 698. The van der Waals surface area contributed by atoms with Gasteiger partial charge in [-0.1, -0.05) is 43.3 Å². The number of likely N-dealkylation sites (tertiary alicyclic amines) is 1. The maximum atomic E-state index is 6.24. The molecule has 0 unspecified atom stereocenters. The summed E-state index contributed by atoms with van der Waals surface area (Å²) in [5.41, 5.74) is 2.49. The highest BCUT2D eigenvalue weighted by atomic mass is 16.5. The monoisotopic (exact) mass is 337 g/mol. The van der Waals surface area contributed by atoms with Crippen molar-refractivity contribution in [1.29, 1.82) is 0 Å². The van der Waals surface area contributed by atoms with E-state index in [-0.39, 0.29) is 0 Å². The third-order valence-corrected chi connectivity index (χ3v) is 5.45. The lowest BCUT2D eigenvalue weighted by atomic mass is 9.81. The van der Waals surface area contributed by atoms with Crippen LogP contribution in [0.5, 0.6) is 11.5 Å². The van der Waals surface area contributed by atoms with Crippen molar-refractivity contribution in [3.05, 3.63) is 59.7 Å². The molecule has 0 bridgehead atoms. The van der Waals surface area contributed by atoms with Crippen LogP contribution in [0.2, 0.25) is 0 Å². The van der Waals surface area contributed by atoms with E-state index in [1.54, 1.807) is 0 Å². The predicted octanol–water partition coefficient (Wildman–Crippen LogP) is 4.62. The minimum absolute atomic E-state index is 0.489. The molecule has 132 valence electrons. The van der Waals surface area contributed by atoms with Crippen molar-refractivity contribution in [3.8, 4) is 11.5 Å². The van der Waals surface area contributed by atoms with Crippen LogP contribution < -0.4 is 9.47 Å². The van der Waals surface area contributed by atoms with Gasteiger partial charge in [0.15, 0.2) is 0 Å². The Labute approximate surface area is 150 Å². The second-order valence-electron chi connectivity index (χ2n) is 7.11. The summed E-state index contributed by atoms with van der Waals surface area (Å²) in [5, 5.41) is 0. The van der Waals surface area contributed by atoms with Gasteiger partial charge in [-0.15, -0.1) is 0 Å².